The van der Waals surface area contributed by atoms with Crippen molar-refractivity contribution >= 4 is 50.7 Å². The molecule has 0 unspecified atom stereocenters. The minimum atomic E-state index is -0.285. The van der Waals surface area contributed by atoms with Crippen LogP contribution in [0.1, 0.15) is 30.4 Å². The van der Waals surface area contributed by atoms with Crippen LogP contribution in [-0.2, 0) is 0 Å². The molecule has 0 bridgehead atoms. The Kier molecular flexibility index (Phi) is 4.73. The third-order valence-electron chi connectivity index (χ3n) is 2.66. The van der Waals surface area contributed by atoms with Gasteiger partial charge >= 0.3 is 0 Å². The third-order valence-corrected chi connectivity index (χ3v) is 3.60. The maximum Gasteiger partial charge on any atom is 0.272 e. The average Bonchev–Trinajstić information content (AvgIpc) is 2.76. The lowest BCUT2D eigenvalue weighted by Crippen LogP contribution is -2.18. The molecule has 0 aliphatic carbocycles. The topological polar surface area (TPSA) is 46.9 Å². The number of halogens is 3. The first-order valence-corrected chi connectivity index (χ1v) is 7.43. The van der Waals surface area contributed by atoms with E-state index in [1.54, 1.807) is 29.1 Å². The molecule has 0 aliphatic rings. The van der Waals surface area contributed by atoms with Crippen molar-refractivity contribution in [3.05, 3.63) is 44.9 Å². The Morgan fingerprint density at radius 2 is 2.10 bits per heavy atom. The summed E-state index contributed by atoms with van der Waals surface area (Å²) in [4.78, 5) is 16.3. The average molecular weight is 377 g/mol. The van der Waals surface area contributed by atoms with Crippen LogP contribution in [0.4, 0.5) is 5.69 Å². The lowest BCUT2D eigenvalue weighted by atomic mass is 10.3. The first-order valence-electron chi connectivity index (χ1n) is 5.88. The van der Waals surface area contributed by atoms with E-state index in [0.717, 1.165) is 4.47 Å². The van der Waals surface area contributed by atoms with E-state index < -0.39 is 0 Å². The van der Waals surface area contributed by atoms with Gasteiger partial charge in [0.2, 0.25) is 0 Å². The molecule has 7 heteroatoms. The molecule has 2 aromatic rings. The highest BCUT2D eigenvalue weighted by atomic mass is 79.9. The summed E-state index contributed by atoms with van der Waals surface area (Å²) < 4.78 is 2.53. The van der Waals surface area contributed by atoms with Crippen molar-refractivity contribution in [2.75, 3.05) is 5.32 Å². The van der Waals surface area contributed by atoms with E-state index >= 15 is 0 Å². The number of nitrogens with zero attached hydrogens (tertiary/aromatic N) is 2. The fourth-order valence-corrected chi connectivity index (χ4v) is 2.44. The van der Waals surface area contributed by atoms with Crippen molar-refractivity contribution in [2.45, 2.75) is 19.9 Å². The standard InChI is InChI=1S/C13H12BrCl2N3O/c1-7(2)19-6-9(15)4-11(19)13(20)18-10-3-8(14)5-17-12(10)16/h3-7H,1-2H3,(H,18,20). The van der Waals surface area contributed by atoms with Gasteiger partial charge in [0, 0.05) is 22.9 Å². The normalized spacial score (nSPS) is 10.9. The van der Waals surface area contributed by atoms with E-state index in [2.05, 4.69) is 26.2 Å². The highest BCUT2D eigenvalue weighted by molar-refractivity contribution is 9.10. The predicted molar refractivity (Wildman–Crippen MR) is 84.7 cm³/mol. The van der Waals surface area contributed by atoms with Crippen LogP contribution in [0.25, 0.3) is 0 Å². The van der Waals surface area contributed by atoms with E-state index in [9.17, 15) is 4.79 Å². The van der Waals surface area contributed by atoms with Crippen LogP contribution in [0.3, 0.4) is 0 Å². The number of anilines is 1. The molecule has 2 heterocycles. The van der Waals surface area contributed by atoms with E-state index in [4.69, 9.17) is 23.2 Å². The summed E-state index contributed by atoms with van der Waals surface area (Å²) in [6.45, 7) is 3.95. The summed E-state index contributed by atoms with van der Waals surface area (Å²) in [6, 6.07) is 3.44. The second-order valence-electron chi connectivity index (χ2n) is 4.49. The number of nitrogens with one attached hydrogen (secondary N) is 1. The van der Waals surface area contributed by atoms with Crippen LogP contribution in [0.5, 0.6) is 0 Å². The first-order chi connectivity index (χ1) is 9.38. The summed E-state index contributed by atoms with van der Waals surface area (Å²) in [7, 11) is 0. The SMILES string of the molecule is CC(C)n1cc(Cl)cc1C(=O)Nc1cc(Br)cnc1Cl. The maximum atomic E-state index is 12.3. The molecular weight excluding hydrogens is 365 g/mol. The molecule has 4 nitrogen and oxygen atoms in total. The Balaban J connectivity index is 2.31. The number of hydrogen-bond donors (Lipinski definition) is 1. The summed E-state index contributed by atoms with van der Waals surface area (Å²) in [5, 5.41) is 3.48. The summed E-state index contributed by atoms with van der Waals surface area (Å²) in [5.74, 6) is -0.285. The maximum absolute atomic E-state index is 12.3. The Hall–Kier alpha value is -1.04. The highest BCUT2D eigenvalue weighted by Crippen LogP contribution is 2.25. The van der Waals surface area contributed by atoms with E-state index in [0.29, 0.717) is 16.4 Å². The summed E-state index contributed by atoms with van der Waals surface area (Å²) in [6.07, 6.45) is 3.29. The molecule has 0 saturated heterocycles. The van der Waals surface area contributed by atoms with Gasteiger partial charge in [-0.25, -0.2) is 4.98 Å². The van der Waals surface area contributed by atoms with Crippen molar-refractivity contribution in [3.8, 4) is 0 Å². The molecule has 1 N–H and O–H groups in total. The van der Waals surface area contributed by atoms with Crippen LogP contribution >= 0.6 is 39.1 Å². The monoisotopic (exact) mass is 375 g/mol. The van der Waals surface area contributed by atoms with Crippen molar-refractivity contribution in [1.82, 2.24) is 9.55 Å². The van der Waals surface area contributed by atoms with Gasteiger partial charge in [0.1, 0.15) is 5.69 Å². The molecular formula is C13H12BrCl2N3O. The number of pyridine rings is 1. The van der Waals surface area contributed by atoms with Crippen molar-refractivity contribution < 1.29 is 4.79 Å². The molecule has 0 radical (unpaired) electrons. The Bertz CT molecular complexity index is 655. The van der Waals surface area contributed by atoms with Crippen LogP contribution in [0, 0.1) is 0 Å². The predicted octanol–water partition coefficient (Wildman–Crippen LogP) is 4.79. The van der Waals surface area contributed by atoms with Crippen LogP contribution in [0.15, 0.2) is 29.0 Å². The molecule has 20 heavy (non-hydrogen) atoms. The van der Waals surface area contributed by atoms with Gasteiger partial charge in [-0.1, -0.05) is 23.2 Å². The zero-order chi connectivity index (χ0) is 14.9. The fraction of sp³-hybridized carbons (Fsp3) is 0.231. The fourth-order valence-electron chi connectivity index (χ4n) is 1.75. The van der Waals surface area contributed by atoms with Gasteiger partial charge in [0.15, 0.2) is 5.15 Å². The molecule has 0 aliphatic heterocycles. The van der Waals surface area contributed by atoms with Gasteiger partial charge in [-0.3, -0.25) is 4.79 Å². The van der Waals surface area contributed by atoms with Gasteiger partial charge in [-0.05, 0) is 41.9 Å². The van der Waals surface area contributed by atoms with Crippen LogP contribution < -0.4 is 5.32 Å². The van der Waals surface area contributed by atoms with Gasteiger partial charge in [0.25, 0.3) is 5.91 Å². The van der Waals surface area contributed by atoms with Crippen LogP contribution in [0.2, 0.25) is 10.2 Å². The molecule has 1 amide bonds. The Morgan fingerprint density at radius 3 is 2.75 bits per heavy atom. The quantitative estimate of drug-likeness (QED) is 0.783. The van der Waals surface area contributed by atoms with Gasteiger partial charge in [-0.2, -0.15) is 0 Å². The van der Waals surface area contributed by atoms with E-state index in [-0.39, 0.29) is 17.1 Å². The van der Waals surface area contributed by atoms with Gasteiger partial charge in [0.05, 0.1) is 10.7 Å². The number of carbonyl (C=O) groups excluding carboxylic acids is 1. The number of amides is 1. The van der Waals surface area contributed by atoms with Crippen molar-refractivity contribution in [3.63, 3.8) is 0 Å². The molecule has 0 spiro atoms. The minimum Gasteiger partial charge on any atom is -0.339 e. The van der Waals surface area contributed by atoms with Crippen LogP contribution in [-0.4, -0.2) is 15.5 Å². The van der Waals surface area contributed by atoms with E-state index in [1.165, 1.54) is 0 Å². The third kappa shape index (κ3) is 3.34. The number of rotatable bonds is 3. The molecule has 0 aromatic carbocycles. The molecule has 2 aromatic heterocycles. The molecule has 2 rings (SSSR count). The van der Waals surface area contributed by atoms with E-state index in [1.807, 2.05) is 13.8 Å². The molecule has 106 valence electrons. The van der Waals surface area contributed by atoms with Crippen molar-refractivity contribution in [1.29, 1.82) is 0 Å². The second-order valence-corrected chi connectivity index (χ2v) is 6.20. The first kappa shape index (κ1) is 15.4. The van der Waals surface area contributed by atoms with Gasteiger partial charge in [-0.15, -0.1) is 0 Å². The zero-order valence-corrected chi connectivity index (χ0v) is 13.9. The Labute approximate surface area is 135 Å². The molecule has 0 fully saturated rings. The molecule has 0 saturated carbocycles. The van der Waals surface area contributed by atoms with Crippen molar-refractivity contribution in [2.24, 2.45) is 0 Å². The summed E-state index contributed by atoms with van der Waals surface area (Å²) >= 11 is 15.2. The number of aromatic nitrogens is 2. The Morgan fingerprint density at radius 1 is 1.40 bits per heavy atom. The lowest BCUT2D eigenvalue weighted by molar-refractivity contribution is 0.101. The number of carbonyl (C=O) groups is 1. The highest BCUT2D eigenvalue weighted by Gasteiger charge is 2.16. The number of hydrogen-bond acceptors (Lipinski definition) is 2. The largest absolute Gasteiger partial charge is 0.339 e. The van der Waals surface area contributed by atoms with Gasteiger partial charge < -0.3 is 9.88 Å². The second kappa shape index (κ2) is 6.16. The zero-order valence-electron chi connectivity index (χ0n) is 10.8. The summed E-state index contributed by atoms with van der Waals surface area (Å²) in [5.41, 5.74) is 0.916. The smallest absolute Gasteiger partial charge is 0.272 e. The minimum absolute atomic E-state index is 0.124. The molecule has 0 atom stereocenters. The lowest BCUT2D eigenvalue weighted by Gasteiger charge is -2.13.